The van der Waals surface area contributed by atoms with Crippen molar-refractivity contribution in [3.05, 3.63) is 53.3 Å². The van der Waals surface area contributed by atoms with Crippen LogP contribution in [0.4, 0.5) is 0 Å². The highest BCUT2D eigenvalue weighted by Gasteiger charge is 2.29. The Balaban J connectivity index is 1.45. The van der Waals surface area contributed by atoms with E-state index in [9.17, 15) is 4.79 Å². The number of nitrogens with zero attached hydrogens (tertiary/aromatic N) is 1. The number of amides is 1. The van der Waals surface area contributed by atoms with Gasteiger partial charge in [0.2, 0.25) is 0 Å². The predicted molar refractivity (Wildman–Crippen MR) is 95.1 cm³/mol. The summed E-state index contributed by atoms with van der Waals surface area (Å²) in [6, 6.07) is 10.0. The molecule has 5 heteroatoms. The number of aromatic nitrogens is 2. The summed E-state index contributed by atoms with van der Waals surface area (Å²) in [6.07, 6.45) is 8.75. The molecule has 2 unspecified atom stereocenters. The number of H-pyrrole nitrogens is 1. The Hall–Kier alpha value is -2.14. The number of hydrogen-bond acceptors (Lipinski definition) is 3. The SMILES string of the molecule is O=C(NC1CCc2[nH]ncc2C1)C(OC1CCCC1)c1ccccc1. The molecule has 0 spiro atoms. The second-order valence-corrected chi connectivity index (χ2v) is 7.16. The van der Waals surface area contributed by atoms with Gasteiger partial charge in [-0.05, 0) is 43.2 Å². The van der Waals surface area contributed by atoms with Gasteiger partial charge in [-0.3, -0.25) is 9.89 Å². The van der Waals surface area contributed by atoms with E-state index >= 15 is 0 Å². The zero-order chi connectivity index (χ0) is 17.1. The molecule has 2 atom stereocenters. The van der Waals surface area contributed by atoms with Crippen molar-refractivity contribution in [2.24, 2.45) is 0 Å². The second-order valence-electron chi connectivity index (χ2n) is 7.16. The average molecular weight is 339 g/mol. The zero-order valence-electron chi connectivity index (χ0n) is 14.4. The lowest BCUT2D eigenvalue weighted by atomic mass is 9.93. The topological polar surface area (TPSA) is 67.0 Å². The van der Waals surface area contributed by atoms with Crippen molar-refractivity contribution in [1.29, 1.82) is 0 Å². The zero-order valence-corrected chi connectivity index (χ0v) is 14.4. The van der Waals surface area contributed by atoms with Crippen molar-refractivity contribution in [2.45, 2.75) is 63.2 Å². The molecule has 1 heterocycles. The molecule has 5 nitrogen and oxygen atoms in total. The Morgan fingerprint density at radius 2 is 2.00 bits per heavy atom. The molecule has 0 saturated heterocycles. The highest BCUT2D eigenvalue weighted by atomic mass is 16.5. The van der Waals surface area contributed by atoms with Crippen LogP contribution in [0.5, 0.6) is 0 Å². The maximum atomic E-state index is 13.0. The summed E-state index contributed by atoms with van der Waals surface area (Å²) in [7, 11) is 0. The molecular weight excluding hydrogens is 314 g/mol. The lowest BCUT2D eigenvalue weighted by Gasteiger charge is -2.27. The van der Waals surface area contributed by atoms with Gasteiger partial charge >= 0.3 is 0 Å². The van der Waals surface area contributed by atoms with Gasteiger partial charge in [0.05, 0.1) is 12.3 Å². The number of aromatic amines is 1. The van der Waals surface area contributed by atoms with Crippen LogP contribution in [0.1, 0.15) is 55.0 Å². The van der Waals surface area contributed by atoms with Gasteiger partial charge in [0.25, 0.3) is 5.91 Å². The summed E-state index contributed by atoms with van der Waals surface area (Å²) < 4.78 is 6.22. The number of aryl methyl sites for hydroxylation is 1. The molecule has 2 aromatic rings. The average Bonchev–Trinajstić information content (AvgIpc) is 3.31. The first kappa shape index (κ1) is 16.3. The normalized spacial score (nSPS) is 21.7. The number of carbonyl (C=O) groups excluding carboxylic acids is 1. The minimum absolute atomic E-state index is 0.0185. The molecule has 2 aliphatic carbocycles. The van der Waals surface area contributed by atoms with E-state index in [0.717, 1.165) is 37.7 Å². The van der Waals surface area contributed by atoms with Crippen LogP contribution < -0.4 is 5.32 Å². The fraction of sp³-hybridized carbons (Fsp3) is 0.500. The quantitative estimate of drug-likeness (QED) is 0.880. The first-order valence-electron chi connectivity index (χ1n) is 9.31. The number of benzene rings is 1. The fourth-order valence-corrected chi connectivity index (χ4v) is 3.95. The third kappa shape index (κ3) is 3.76. The highest BCUT2D eigenvalue weighted by Crippen LogP contribution is 2.28. The summed E-state index contributed by atoms with van der Waals surface area (Å²) in [5, 5.41) is 10.4. The first-order valence-corrected chi connectivity index (χ1v) is 9.31. The number of hydrogen-bond donors (Lipinski definition) is 2. The molecule has 1 aromatic carbocycles. The molecular formula is C20H25N3O2. The van der Waals surface area contributed by atoms with Gasteiger partial charge in [-0.25, -0.2) is 0 Å². The van der Waals surface area contributed by atoms with Crippen LogP contribution in [0.15, 0.2) is 36.5 Å². The van der Waals surface area contributed by atoms with E-state index in [0.29, 0.717) is 0 Å². The molecule has 0 bridgehead atoms. The van der Waals surface area contributed by atoms with E-state index in [1.807, 2.05) is 36.5 Å². The number of carbonyl (C=O) groups is 1. The summed E-state index contributed by atoms with van der Waals surface area (Å²) in [6.45, 7) is 0. The molecule has 132 valence electrons. The summed E-state index contributed by atoms with van der Waals surface area (Å²) in [4.78, 5) is 13.0. The molecule has 2 N–H and O–H groups in total. The van der Waals surface area contributed by atoms with Gasteiger partial charge in [0, 0.05) is 11.7 Å². The molecule has 4 rings (SSSR count). The van der Waals surface area contributed by atoms with E-state index in [1.165, 1.54) is 24.1 Å². The number of nitrogens with one attached hydrogen (secondary N) is 2. The monoisotopic (exact) mass is 339 g/mol. The Labute approximate surface area is 148 Å². The summed E-state index contributed by atoms with van der Waals surface area (Å²) in [5.41, 5.74) is 3.35. The van der Waals surface area contributed by atoms with Gasteiger partial charge < -0.3 is 10.1 Å². The van der Waals surface area contributed by atoms with Crippen molar-refractivity contribution in [3.8, 4) is 0 Å². The van der Waals surface area contributed by atoms with Crippen LogP contribution in [-0.2, 0) is 22.4 Å². The lowest BCUT2D eigenvalue weighted by Crippen LogP contribution is -2.42. The van der Waals surface area contributed by atoms with Crippen LogP contribution in [-0.4, -0.2) is 28.3 Å². The van der Waals surface area contributed by atoms with E-state index in [2.05, 4.69) is 15.5 Å². The highest BCUT2D eigenvalue weighted by molar-refractivity contribution is 5.82. The molecule has 0 radical (unpaired) electrons. The van der Waals surface area contributed by atoms with E-state index in [1.54, 1.807) is 0 Å². The fourth-order valence-electron chi connectivity index (χ4n) is 3.95. The predicted octanol–water partition coefficient (Wildman–Crippen LogP) is 3.08. The third-order valence-corrected chi connectivity index (χ3v) is 5.33. The van der Waals surface area contributed by atoms with Crippen LogP contribution in [0.25, 0.3) is 0 Å². The summed E-state index contributed by atoms with van der Waals surface area (Å²) in [5.74, 6) is -0.0185. The first-order chi connectivity index (χ1) is 12.3. The molecule has 1 amide bonds. The molecule has 2 aliphatic rings. The smallest absolute Gasteiger partial charge is 0.254 e. The van der Waals surface area contributed by atoms with Gasteiger partial charge in [-0.2, -0.15) is 5.10 Å². The molecule has 25 heavy (non-hydrogen) atoms. The Morgan fingerprint density at radius 3 is 2.80 bits per heavy atom. The van der Waals surface area contributed by atoms with E-state index < -0.39 is 6.10 Å². The van der Waals surface area contributed by atoms with Crippen molar-refractivity contribution < 1.29 is 9.53 Å². The van der Waals surface area contributed by atoms with Gasteiger partial charge in [0.1, 0.15) is 0 Å². The Morgan fingerprint density at radius 1 is 1.20 bits per heavy atom. The lowest BCUT2D eigenvalue weighted by molar-refractivity contribution is -0.138. The Kier molecular flexibility index (Phi) is 4.83. The largest absolute Gasteiger partial charge is 0.360 e. The number of ether oxygens (including phenoxy) is 1. The standard InChI is InChI=1S/C20H25N3O2/c24-20(22-16-10-11-18-15(12-16)13-21-23-18)19(14-6-2-1-3-7-14)25-17-8-4-5-9-17/h1-3,6-7,13,16-17,19H,4-5,8-12H2,(H,21,23)(H,22,24). The minimum Gasteiger partial charge on any atom is -0.360 e. The van der Waals surface area contributed by atoms with Gasteiger partial charge in [-0.15, -0.1) is 0 Å². The molecule has 1 aromatic heterocycles. The second kappa shape index (κ2) is 7.40. The van der Waals surface area contributed by atoms with Crippen molar-refractivity contribution >= 4 is 5.91 Å². The minimum atomic E-state index is -0.518. The number of rotatable bonds is 5. The van der Waals surface area contributed by atoms with Gasteiger partial charge in [0.15, 0.2) is 6.10 Å². The van der Waals surface area contributed by atoms with E-state index in [-0.39, 0.29) is 18.1 Å². The van der Waals surface area contributed by atoms with Crippen LogP contribution in [0, 0.1) is 0 Å². The van der Waals surface area contributed by atoms with Crippen LogP contribution in [0.3, 0.4) is 0 Å². The Bertz CT molecular complexity index is 707. The number of fused-ring (bicyclic) bond motifs is 1. The van der Waals surface area contributed by atoms with Crippen molar-refractivity contribution in [3.63, 3.8) is 0 Å². The molecule has 1 saturated carbocycles. The van der Waals surface area contributed by atoms with Crippen molar-refractivity contribution in [1.82, 2.24) is 15.5 Å². The van der Waals surface area contributed by atoms with Gasteiger partial charge in [-0.1, -0.05) is 43.2 Å². The van der Waals surface area contributed by atoms with E-state index in [4.69, 9.17) is 4.74 Å². The summed E-state index contributed by atoms with van der Waals surface area (Å²) >= 11 is 0. The van der Waals surface area contributed by atoms with Crippen LogP contribution in [0.2, 0.25) is 0 Å². The molecule has 0 aliphatic heterocycles. The maximum absolute atomic E-state index is 13.0. The molecule has 1 fully saturated rings. The maximum Gasteiger partial charge on any atom is 0.254 e. The third-order valence-electron chi connectivity index (χ3n) is 5.33. The van der Waals surface area contributed by atoms with Crippen LogP contribution >= 0.6 is 0 Å². The van der Waals surface area contributed by atoms with Crippen molar-refractivity contribution in [2.75, 3.05) is 0 Å².